The van der Waals surface area contributed by atoms with Crippen molar-refractivity contribution in [3.63, 3.8) is 0 Å². The second kappa shape index (κ2) is 7.97. The number of aromatic nitrogens is 1. The van der Waals surface area contributed by atoms with E-state index in [1.54, 1.807) is 0 Å². The molecule has 1 N–H and O–H groups in total. The molecule has 1 aliphatic rings. The van der Waals surface area contributed by atoms with Gasteiger partial charge >= 0.3 is 0 Å². The van der Waals surface area contributed by atoms with E-state index in [-0.39, 0.29) is 0 Å². The van der Waals surface area contributed by atoms with E-state index in [0.29, 0.717) is 18.2 Å². The number of nitrogens with zero attached hydrogens (tertiary/aromatic N) is 2. The molecule has 2 heterocycles. The van der Waals surface area contributed by atoms with E-state index in [4.69, 9.17) is 4.74 Å². The van der Waals surface area contributed by atoms with E-state index in [1.165, 1.54) is 12.0 Å². The van der Waals surface area contributed by atoms with Gasteiger partial charge in [-0.25, -0.2) is 0 Å². The van der Waals surface area contributed by atoms with Gasteiger partial charge in [0.1, 0.15) is 0 Å². The summed E-state index contributed by atoms with van der Waals surface area (Å²) in [5.41, 5.74) is 1.36. The lowest BCUT2D eigenvalue weighted by molar-refractivity contribution is -0.0455. The highest BCUT2D eigenvalue weighted by Gasteiger charge is 2.22. The summed E-state index contributed by atoms with van der Waals surface area (Å²) in [6.07, 6.45) is 5.91. The molecule has 2 unspecified atom stereocenters. The second-order valence-electron chi connectivity index (χ2n) is 6.40. The summed E-state index contributed by atoms with van der Waals surface area (Å²) < 4.78 is 8.19. The van der Waals surface area contributed by atoms with Gasteiger partial charge < -0.3 is 14.6 Å². The zero-order chi connectivity index (χ0) is 15.2. The maximum atomic E-state index is 5.92. The fraction of sp³-hybridized carbons (Fsp3) is 0.765. The van der Waals surface area contributed by atoms with E-state index in [9.17, 15) is 0 Å². The quantitative estimate of drug-likeness (QED) is 0.838. The van der Waals surface area contributed by atoms with E-state index in [0.717, 1.165) is 32.8 Å². The third kappa shape index (κ3) is 4.83. The first kappa shape index (κ1) is 16.5. The van der Waals surface area contributed by atoms with Crippen LogP contribution in [0.4, 0.5) is 0 Å². The molecule has 1 aromatic rings. The molecule has 2 atom stereocenters. The van der Waals surface area contributed by atoms with E-state index < -0.39 is 0 Å². The SMILES string of the molecule is CCCNC(C)c1ccn(CC2CN(C(C)C)CCO2)c1. The summed E-state index contributed by atoms with van der Waals surface area (Å²) >= 11 is 0. The van der Waals surface area contributed by atoms with E-state index in [1.807, 2.05) is 0 Å². The van der Waals surface area contributed by atoms with Crippen LogP contribution in [0, 0.1) is 0 Å². The normalized spacial score (nSPS) is 21.9. The topological polar surface area (TPSA) is 29.4 Å². The first-order valence-electron chi connectivity index (χ1n) is 8.34. The molecule has 0 amide bonds. The van der Waals surface area contributed by atoms with Gasteiger partial charge in [-0.2, -0.15) is 0 Å². The lowest BCUT2D eigenvalue weighted by Gasteiger charge is -2.35. The van der Waals surface area contributed by atoms with Gasteiger partial charge in [0, 0.05) is 44.1 Å². The van der Waals surface area contributed by atoms with Gasteiger partial charge in [0.05, 0.1) is 12.7 Å². The largest absolute Gasteiger partial charge is 0.374 e. The fourth-order valence-corrected chi connectivity index (χ4v) is 2.86. The van der Waals surface area contributed by atoms with Crippen LogP contribution in [0.2, 0.25) is 0 Å². The number of hydrogen-bond acceptors (Lipinski definition) is 3. The Labute approximate surface area is 129 Å². The molecule has 21 heavy (non-hydrogen) atoms. The van der Waals surface area contributed by atoms with Crippen molar-refractivity contribution < 1.29 is 4.74 Å². The molecule has 0 spiro atoms. The molecule has 0 bridgehead atoms. The predicted octanol–water partition coefficient (Wildman–Crippen LogP) is 2.66. The van der Waals surface area contributed by atoms with Crippen molar-refractivity contribution in [1.82, 2.24) is 14.8 Å². The van der Waals surface area contributed by atoms with Gasteiger partial charge in [0.25, 0.3) is 0 Å². The number of ether oxygens (including phenoxy) is 1. The molecule has 0 saturated carbocycles. The van der Waals surface area contributed by atoms with Crippen molar-refractivity contribution in [2.75, 3.05) is 26.2 Å². The Bertz CT molecular complexity index is 416. The maximum Gasteiger partial charge on any atom is 0.0881 e. The maximum absolute atomic E-state index is 5.92. The molecular formula is C17H31N3O. The molecule has 1 fully saturated rings. The Morgan fingerprint density at radius 1 is 1.38 bits per heavy atom. The summed E-state index contributed by atoms with van der Waals surface area (Å²) in [6.45, 7) is 13.9. The Balaban J connectivity index is 1.87. The van der Waals surface area contributed by atoms with Crippen LogP contribution in [0.15, 0.2) is 18.5 Å². The van der Waals surface area contributed by atoms with E-state index in [2.05, 4.69) is 60.9 Å². The van der Waals surface area contributed by atoms with Crippen LogP contribution in [-0.4, -0.2) is 47.9 Å². The summed E-state index contributed by atoms with van der Waals surface area (Å²) in [5, 5.41) is 3.53. The fourth-order valence-electron chi connectivity index (χ4n) is 2.86. The first-order valence-corrected chi connectivity index (χ1v) is 8.34. The third-order valence-electron chi connectivity index (χ3n) is 4.29. The lowest BCUT2D eigenvalue weighted by atomic mass is 10.2. The van der Waals surface area contributed by atoms with Crippen LogP contribution < -0.4 is 5.32 Å². The number of morpholine rings is 1. The molecule has 0 aromatic carbocycles. The van der Waals surface area contributed by atoms with Gasteiger partial charge in [-0.3, -0.25) is 4.90 Å². The minimum absolute atomic E-state index is 0.306. The highest BCUT2D eigenvalue weighted by molar-refractivity contribution is 5.14. The third-order valence-corrected chi connectivity index (χ3v) is 4.29. The Morgan fingerprint density at radius 2 is 2.19 bits per heavy atom. The number of rotatable bonds is 7. The van der Waals surface area contributed by atoms with Gasteiger partial charge in [-0.05, 0) is 45.4 Å². The van der Waals surface area contributed by atoms with Crippen molar-refractivity contribution in [3.05, 3.63) is 24.0 Å². The van der Waals surface area contributed by atoms with Crippen LogP contribution in [0.1, 0.15) is 45.7 Å². The molecule has 2 rings (SSSR count). The summed E-state index contributed by atoms with van der Waals surface area (Å²) in [7, 11) is 0. The Hall–Kier alpha value is -0.840. The molecule has 4 heteroatoms. The van der Waals surface area contributed by atoms with Crippen molar-refractivity contribution >= 4 is 0 Å². The lowest BCUT2D eigenvalue weighted by Crippen LogP contribution is -2.47. The van der Waals surface area contributed by atoms with Gasteiger partial charge in [-0.15, -0.1) is 0 Å². The van der Waals surface area contributed by atoms with Gasteiger partial charge in [0.15, 0.2) is 0 Å². The summed E-state index contributed by atoms with van der Waals surface area (Å²) in [5.74, 6) is 0. The number of nitrogens with one attached hydrogen (secondary N) is 1. The molecule has 4 nitrogen and oxygen atoms in total. The summed E-state index contributed by atoms with van der Waals surface area (Å²) in [4.78, 5) is 2.50. The molecule has 1 saturated heterocycles. The molecule has 0 aliphatic carbocycles. The van der Waals surface area contributed by atoms with Crippen molar-refractivity contribution in [2.24, 2.45) is 0 Å². The summed E-state index contributed by atoms with van der Waals surface area (Å²) in [6, 6.07) is 3.25. The van der Waals surface area contributed by atoms with Crippen molar-refractivity contribution in [2.45, 2.75) is 58.8 Å². The Morgan fingerprint density at radius 3 is 2.90 bits per heavy atom. The van der Waals surface area contributed by atoms with Crippen molar-refractivity contribution in [1.29, 1.82) is 0 Å². The molecule has 0 radical (unpaired) electrons. The van der Waals surface area contributed by atoms with Crippen LogP contribution >= 0.6 is 0 Å². The van der Waals surface area contributed by atoms with Gasteiger partial charge in [-0.1, -0.05) is 6.92 Å². The minimum atomic E-state index is 0.306. The Kier molecular flexibility index (Phi) is 6.27. The van der Waals surface area contributed by atoms with Crippen LogP contribution in [0.25, 0.3) is 0 Å². The highest BCUT2D eigenvalue weighted by Crippen LogP contribution is 2.15. The average molecular weight is 293 g/mol. The van der Waals surface area contributed by atoms with Gasteiger partial charge in [0.2, 0.25) is 0 Å². The monoisotopic (exact) mass is 293 g/mol. The average Bonchev–Trinajstić information content (AvgIpc) is 2.93. The van der Waals surface area contributed by atoms with Crippen molar-refractivity contribution in [3.8, 4) is 0 Å². The minimum Gasteiger partial charge on any atom is -0.374 e. The molecular weight excluding hydrogens is 262 g/mol. The standard InChI is InChI=1S/C17H31N3O/c1-5-7-18-15(4)16-6-8-19(11-16)12-17-13-20(14(2)3)9-10-21-17/h6,8,11,14-15,17-18H,5,7,9-10,12-13H2,1-4H3. The first-order chi connectivity index (χ1) is 10.1. The smallest absolute Gasteiger partial charge is 0.0881 e. The second-order valence-corrected chi connectivity index (χ2v) is 6.40. The predicted molar refractivity (Wildman–Crippen MR) is 87.6 cm³/mol. The van der Waals surface area contributed by atoms with Crippen LogP contribution in [0.5, 0.6) is 0 Å². The zero-order valence-corrected chi connectivity index (χ0v) is 14.0. The highest BCUT2D eigenvalue weighted by atomic mass is 16.5. The van der Waals surface area contributed by atoms with Crippen LogP contribution in [0.3, 0.4) is 0 Å². The molecule has 1 aromatic heterocycles. The molecule has 120 valence electrons. The number of hydrogen-bond donors (Lipinski definition) is 1. The van der Waals surface area contributed by atoms with E-state index >= 15 is 0 Å². The van der Waals surface area contributed by atoms with Crippen LogP contribution in [-0.2, 0) is 11.3 Å². The zero-order valence-electron chi connectivity index (χ0n) is 14.0. The molecule has 1 aliphatic heterocycles.